The lowest BCUT2D eigenvalue weighted by Crippen LogP contribution is -2.06. The number of aromatic carboxylic acids is 1. The summed E-state index contributed by atoms with van der Waals surface area (Å²) in [6, 6.07) is 5.24. The number of rotatable bonds is 5. The van der Waals surface area contributed by atoms with Crippen LogP contribution in [0.5, 0.6) is 11.6 Å². The van der Waals surface area contributed by atoms with Crippen molar-refractivity contribution in [1.29, 1.82) is 0 Å². The molecule has 0 saturated heterocycles. The lowest BCUT2D eigenvalue weighted by Gasteiger charge is -2.12. The molecule has 2 heterocycles. The van der Waals surface area contributed by atoms with E-state index >= 15 is 0 Å². The fraction of sp³-hybridized carbons (Fsp3) is 0.235. The molecule has 1 aliphatic carbocycles. The predicted octanol–water partition coefficient (Wildman–Crippen LogP) is 3.10. The fourth-order valence-corrected chi connectivity index (χ4v) is 2.50. The number of hydrogen-bond donors (Lipinski definition) is 2. The summed E-state index contributed by atoms with van der Waals surface area (Å²) in [5.74, 6) is 0.890. The van der Waals surface area contributed by atoms with Gasteiger partial charge in [0.25, 0.3) is 0 Å². The zero-order valence-corrected chi connectivity index (χ0v) is 13.1. The molecule has 0 spiro atoms. The number of nitrogens with one attached hydrogen (secondary N) is 1. The summed E-state index contributed by atoms with van der Waals surface area (Å²) in [7, 11) is 0. The summed E-state index contributed by atoms with van der Waals surface area (Å²) < 4.78 is 7.75. The summed E-state index contributed by atoms with van der Waals surface area (Å²) in [5.41, 5.74) is 1.68. The van der Waals surface area contributed by atoms with Gasteiger partial charge in [0.1, 0.15) is 5.75 Å². The largest absolute Gasteiger partial charge is 0.478 e. The third-order valence-corrected chi connectivity index (χ3v) is 3.95. The van der Waals surface area contributed by atoms with Gasteiger partial charge in [-0.15, -0.1) is 0 Å². The average Bonchev–Trinajstić information content (AvgIpc) is 3.23. The molecule has 0 radical (unpaired) electrons. The molecule has 0 aliphatic heterocycles. The first-order chi connectivity index (χ1) is 11.6. The SMILES string of the molecule is Cc1cc(C(=O)O)ccc1Oc1cnc(NC2CC2)c2nccn12. The van der Waals surface area contributed by atoms with Crippen LogP contribution in [0.1, 0.15) is 28.8 Å². The molecule has 1 aromatic carbocycles. The van der Waals surface area contributed by atoms with Gasteiger partial charge in [-0.1, -0.05) is 0 Å². The molecular formula is C17H16N4O3. The third kappa shape index (κ3) is 2.64. The number of carboxylic acid groups (broad SMARTS) is 1. The standard InChI is InChI=1S/C17H16N4O3/c1-10-8-11(17(22)23)2-5-13(10)24-14-9-19-15(20-12-3-4-12)16-18-6-7-21(14)16/h2,5-9,12H,3-4H2,1H3,(H,19,20)(H,22,23). The molecule has 0 amide bonds. The number of benzene rings is 1. The molecule has 4 rings (SSSR count). The number of fused-ring (bicyclic) bond motifs is 1. The van der Waals surface area contributed by atoms with Crippen molar-refractivity contribution in [2.24, 2.45) is 0 Å². The molecule has 0 bridgehead atoms. The molecule has 0 unspecified atom stereocenters. The van der Waals surface area contributed by atoms with Gasteiger partial charge in [0, 0.05) is 18.4 Å². The minimum absolute atomic E-state index is 0.231. The van der Waals surface area contributed by atoms with Gasteiger partial charge in [0.2, 0.25) is 5.88 Å². The quantitative estimate of drug-likeness (QED) is 0.749. The topological polar surface area (TPSA) is 88.8 Å². The number of anilines is 1. The molecule has 2 aromatic heterocycles. The number of carboxylic acids is 1. The summed E-state index contributed by atoms with van der Waals surface area (Å²) in [5, 5.41) is 12.4. The molecular weight excluding hydrogens is 308 g/mol. The highest BCUT2D eigenvalue weighted by Gasteiger charge is 2.23. The lowest BCUT2D eigenvalue weighted by atomic mass is 10.1. The van der Waals surface area contributed by atoms with Gasteiger partial charge >= 0.3 is 5.97 Å². The van der Waals surface area contributed by atoms with Crippen molar-refractivity contribution in [1.82, 2.24) is 14.4 Å². The molecule has 24 heavy (non-hydrogen) atoms. The first kappa shape index (κ1) is 14.5. The van der Waals surface area contributed by atoms with Crippen LogP contribution in [0.3, 0.4) is 0 Å². The number of carbonyl (C=O) groups is 1. The van der Waals surface area contributed by atoms with Crippen molar-refractivity contribution < 1.29 is 14.6 Å². The van der Waals surface area contributed by atoms with E-state index in [0.29, 0.717) is 23.3 Å². The van der Waals surface area contributed by atoms with E-state index in [-0.39, 0.29) is 5.56 Å². The number of hydrogen-bond acceptors (Lipinski definition) is 5. The van der Waals surface area contributed by atoms with E-state index in [1.165, 1.54) is 6.07 Å². The molecule has 0 atom stereocenters. The van der Waals surface area contributed by atoms with Crippen LogP contribution in [0.25, 0.3) is 5.65 Å². The Balaban J connectivity index is 1.67. The number of aromatic nitrogens is 3. The first-order valence-electron chi connectivity index (χ1n) is 7.72. The van der Waals surface area contributed by atoms with E-state index in [9.17, 15) is 4.79 Å². The highest BCUT2D eigenvalue weighted by Crippen LogP contribution is 2.30. The average molecular weight is 324 g/mol. The van der Waals surface area contributed by atoms with Crippen LogP contribution < -0.4 is 10.1 Å². The van der Waals surface area contributed by atoms with Gasteiger partial charge < -0.3 is 15.2 Å². The summed E-state index contributed by atoms with van der Waals surface area (Å²) in [6.07, 6.45) is 7.46. The van der Waals surface area contributed by atoms with Gasteiger partial charge in [0.05, 0.1) is 11.8 Å². The maximum Gasteiger partial charge on any atom is 0.335 e. The van der Waals surface area contributed by atoms with E-state index in [1.807, 2.05) is 17.5 Å². The van der Waals surface area contributed by atoms with Crippen LogP contribution in [0.4, 0.5) is 5.82 Å². The number of nitrogens with zero attached hydrogens (tertiary/aromatic N) is 3. The molecule has 2 N–H and O–H groups in total. The van der Waals surface area contributed by atoms with Gasteiger partial charge in [-0.25, -0.2) is 14.8 Å². The maximum atomic E-state index is 11.0. The minimum atomic E-state index is -0.959. The van der Waals surface area contributed by atoms with Crippen LogP contribution in [0.15, 0.2) is 36.8 Å². The molecule has 1 fully saturated rings. The summed E-state index contributed by atoms with van der Waals surface area (Å²) in [4.78, 5) is 19.8. The van der Waals surface area contributed by atoms with Gasteiger partial charge in [-0.05, 0) is 43.5 Å². The normalized spacial score (nSPS) is 13.9. The number of imidazole rings is 1. The van der Waals surface area contributed by atoms with Crippen LogP contribution >= 0.6 is 0 Å². The molecule has 1 aliphatic rings. The highest BCUT2D eigenvalue weighted by molar-refractivity contribution is 5.88. The van der Waals surface area contributed by atoms with Gasteiger partial charge in [-0.2, -0.15) is 0 Å². The van der Waals surface area contributed by atoms with Crippen LogP contribution in [0, 0.1) is 6.92 Å². The zero-order valence-electron chi connectivity index (χ0n) is 13.1. The van der Waals surface area contributed by atoms with E-state index in [0.717, 1.165) is 24.2 Å². The molecule has 7 heteroatoms. The number of aryl methyl sites for hydroxylation is 1. The molecule has 7 nitrogen and oxygen atoms in total. The monoisotopic (exact) mass is 324 g/mol. The van der Waals surface area contributed by atoms with Crippen molar-refractivity contribution in [2.75, 3.05) is 5.32 Å². The van der Waals surface area contributed by atoms with Gasteiger partial charge in [-0.3, -0.25) is 4.40 Å². The van der Waals surface area contributed by atoms with Crippen LogP contribution in [-0.2, 0) is 0 Å². The third-order valence-electron chi connectivity index (χ3n) is 3.95. The van der Waals surface area contributed by atoms with E-state index < -0.39 is 5.97 Å². The molecule has 3 aromatic rings. The highest BCUT2D eigenvalue weighted by atomic mass is 16.5. The second-order valence-corrected chi connectivity index (χ2v) is 5.87. The Morgan fingerprint density at radius 3 is 2.92 bits per heavy atom. The van der Waals surface area contributed by atoms with E-state index in [1.54, 1.807) is 24.5 Å². The van der Waals surface area contributed by atoms with Gasteiger partial charge in [0.15, 0.2) is 11.5 Å². The van der Waals surface area contributed by atoms with Crippen molar-refractivity contribution in [3.8, 4) is 11.6 Å². The van der Waals surface area contributed by atoms with Crippen molar-refractivity contribution in [3.05, 3.63) is 47.9 Å². The van der Waals surface area contributed by atoms with Crippen LogP contribution in [0.2, 0.25) is 0 Å². The van der Waals surface area contributed by atoms with Crippen molar-refractivity contribution >= 4 is 17.4 Å². The smallest absolute Gasteiger partial charge is 0.335 e. The summed E-state index contributed by atoms with van der Waals surface area (Å²) in [6.45, 7) is 1.81. The minimum Gasteiger partial charge on any atom is -0.478 e. The fourth-order valence-electron chi connectivity index (χ4n) is 2.50. The Bertz CT molecular complexity index is 931. The Morgan fingerprint density at radius 2 is 2.21 bits per heavy atom. The van der Waals surface area contributed by atoms with E-state index in [2.05, 4.69) is 15.3 Å². The predicted molar refractivity (Wildman–Crippen MR) is 87.8 cm³/mol. The molecule has 1 saturated carbocycles. The van der Waals surface area contributed by atoms with Crippen molar-refractivity contribution in [2.45, 2.75) is 25.8 Å². The molecule has 122 valence electrons. The number of ether oxygens (including phenoxy) is 1. The summed E-state index contributed by atoms with van der Waals surface area (Å²) >= 11 is 0. The zero-order chi connectivity index (χ0) is 16.7. The first-order valence-corrected chi connectivity index (χ1v) is 7.72. The van der Waals surface area contributed by atoms with Crippen LogP contribution in [-0.4, -0.2) is 31.5 Å². The Morgan fingerprint density at radius 1 is 1.38 bits per heavy atom. The van der Waals surface area contributed by atoms with Crippen molar-refractivity contribution in [3.63, 3.8) is 0 Å². The Hall–Kier alpha value is -3.09. The van der Waals surface area contributed by atoms with E-state index in [4.69, 9.17) is 9.84 Å². The second-order valence-electron chi connectivity index (χ2n) is 5.87. The Labute approximate surface area is 137 Å². The second kappa shape index (κ2) is 5.52. The Kier molecular flexibility index (Phi) is 3.34. The maximum absolute atomic E-state index is 11.0. The lowest BCUT2D eigenvalue weighted by molar-refractivity contribution is 0.0697.